The summed E-state index contributed by atoms with van der Waals surface area (Å²) in [4.78, 5) is 17.4. The van der Waals surface area contributed by atoms with Crippen LogP contribution in [-0.4, -0.2) is 29.4 Å². The normalized spacial score (nSPS) is 9.93. The van der Waals surface area contributed by atoms with E-state index in [-0.39, 0.29) is 5.91 Å². The Kier molecular flexibility index (Phi) is 3.59. The molecule has 0 fully saturated rings. The van der Waals surface area contributed by atoms with Crippen LogP contribution in [0.25, 0.3) is 0 Å². The molecule has 1 aromatic rings. The Labute approximate surface area is 83.7 Å². The van der Waals surface area contributed by atoms with Crippen LogP contribution >= 0.6 is 0 Å². The van der Waals surface area contributed by atoms with E-state index in [9.17, 15) is 4.79 Å². The van der Waals surface area contributed by atoms with E-state index in [0.717, 1.165) is 5.69 Å². The van der Waals surface area contributed by atoms with Gasteiger partial charge in [0.05, 0.1) is 5.69 Å². The lowest BCUT2D eigenvalue weighted by Crippen LogP contribution is -2.27. The first-order valence-electron chi connectivity index (χ1n) is 4.60. The van der Waals surface area contributed by atoms with Crippen molar-refractivity contribution in [2.75, 3.05) is 13.6 Å². The number of nitrogens with zero attached hydrogens (tertiary/aromatic N) is 2. The molecule has 0 bridgehead atoms. The first kappa shape index (κ1) is 10.7. The summed E-state index contributed by atoms with van der Waals surface area (Å²) in [5.74, 6) is -0.0669. The van der Waals surface area contributed by atoms with E-state index in [1.54, 1.807) is 24.1 Å². The monoisotopic (exact) mass is 193 g/mol. The van der Waals surface area contributed by atoms with Crippen molar-refractivity contribution in [3.63, 3.8) is 0 Å². The molecule has 14 heavy (non-hydrogen) atoms. The number of aromatic nitrogens is 1. The summed E-state index contributed by atoms with van der Waals surface area (Å²) >= 11 is 0. The van der Waals surface area contributed by atoms with Gasteiger partial charge in [0.2, 0.25) is 0 Å². The predicted molar refractivity (Wildman–Crippen MR) is 54.8 cm³/mol. The van der Waals surface area contributed by atoms with Crippen molar-refractivity contribution in [1.29, 1.82) is 0 Å². The van der Waals surface area contributed by atoms with Gasteiger partial charge in [0, 0.05) is 20.1 Å². The van der Waals surface area contributed by atoms with E-state index in [2.05, 4.69) is 4.98 Å². The van der Waals surface area contributed by atoms with E-state index < -0.39 is 0 Å². The summed E-state index contributed by atoms with van der Waals surface area (Å²) in [6.45, 7) is 2.95. The molecule has 1 amide bonds. The second-order valence-corrected chi connectivity index (χ2v) is 3.04. The summed E-state index contributed by atoms with van der Waals surface area (Å²) in [5, 5.41) is 0. The average Bonchev–Trinajstić information content (AvgIpc) is 2.27. The van der Waals surface area contributed by atoms with E-state index in [1.807, 2.05) is 13.0 Å². The minimum atomic E-state index is -0.0669. The van der Waals surface area contributed by atoms with Gasteiger partial charge in [0.1, 0.15) is 5.69 Å². The topological polar surface area (TPSA) is 59.2 Å². The van der Waals surface area contributed by atoms with E-state index >= 15 is 0 Å². The van der Waals surface area contributed by atoms with E-state index in [1.165, 1.54) is 0 Å². The maximum atomic E-state index is 11.7. The largest absolute Gasteiger partial charge is 0.341 e. The highest BCUT2D eigenvalue weighted by molar-refractivity contribution is 5.92. The summed E-state index contributed by atoms with van der Waals surface area (Å²) in [6, 6.07) is 5.31. The highest BCUT2D eigenvalue weighted by Crippen LogP contribution is 2.02. The van der Waals surface area contributed by atoms with Crippen LogP contribution in [0.15, 0.2) is 18.2 Å². The van der Waals surface area contributed by atoms with Gasteiger partial charge in [-0.25, -0.2) is 4.98 Å². The zero-order valence-corrected chi connectivity index (χ0v) is 8.53. The van der Waals surface area contributed by atoms with Gasteiger partial charge in [-0.15, -0.1) is 0 Å². The van der Waals surface area contributed by atoms with Gasteiger partial charge in [0.15, 0.2) is 0 Å². The molecule has 4 heteroatoms. The number of amides is 1. The van der Waals surface area contributed by atoms with Gasteiger partial charge in [-0.2, -0.15) is 0 Å². The molecule has 1 aromatic heterocycles. The van der Waals surface area contributed by atoms with Crippen molar-refractivity contribution >= 4 is 5.91 Å². The Bertz CT molecular complexity index is 325. The Morgan fingerprint density at radius 1 is 1.57 bits per heavy atom. The first-order chi connectivity index (χ1) is 6.69. The minimum absolute atomic E-state index is 0.0669. The zero-order valence-electron chi connectivity index (χ0n) is 8.53. The zero-order chi connectivity index (χ0) is 10.6. The molecule has 0 radical (unpaired) electrons. The van der Waals surface area contributed by atoms with Crippen molar-refractivity contribution in [2.45, 2.75) is 13.5 Å². The summed E-state index contributed by atoms with van der Waals surface area (Å²) < 4.78 is 0. The summed E-state index contributed by atoms with van der Waals surface area (Å²) in [7, 11) is 1.75. The fraction of sp³-hybridized carbons (Fsp3) is 0.400. The maximum Gasteiger partial charge on any atom is 0.272 e. The molecule has 1 rings (SSSR count). The highest BCUT2D eigenvalue weighted by Gasteiger charge is 2.10. The van der Waals surface area contributed by atoms with Crippen molar-refractivity contribution < 1.29 is 4.79 Å². The van der Waals surface area contributed by atoms with E-state index in [0.29, 0.717) is 18.8 Å². The predicted octanol–water partition coefficient (Wildman–Crippen LogP) is 0.632. The van der Waals surface area contributed by atoms with Gasteiger partial charge in [0.25, 0.3) is 5.91 Å². The summed E-state index contributed by atoms with van der Waals surface area (Å²) in [6.07, 6.45) is 0. The van der Waals surface area contributed by atoms with Crippen LogP contribution < -0.4 is 5.73 Å². The first-order valence-corrected chi connectivity index (χ1v) is 4.60. The van der Waals surface area contributed by atoms with Gasteiger partial charge >= 0.3 is 0 Å². The molecule has 0 aromatic carbocycles. The minimum Gasteiger partial charge on any atom is -0.341 e. The van der Waals surface area contributed by atoms with Crippen LogP contribution in [0.1, 0.15) is 23.1 Å². The second-order valence-electron chi connectivity index (χ2n) is 3.04. The third-order valence-electron chi connectivity index (χ3n) is 2.06. The molecule has 0 aliphatic rings. The number of carbonyl (C=O) groups excluding carboxylic acids is 1. The average molecular weight is 193 g/mol. The lowest BCUT2D eigenvalue weighted by molar-refractivity contribution is 0.0796. The lowest BCUT2D eigenvalue weighted by atomic mass is 10.3. The second kappa shape index (κ2) is 4.72. The van der Waals surface area contributed by atoms with Crippen LogP contribution in [0.4, 0.5) is 0 Å². The molecule has 0 unspecified atom stereocenters. The molecule has 0 saturated carbocycles. The highest BCUT2D eigenvalue weighted by atomic mass is 16.2. The van der Waals surface area contributed by atoms with Gasteiger partial charge in [-0.1, -0.05) is 6.07 Å². The number of pyridine rings is 1. The Balaban J connectivity index is 2.90. The van der Waals surface area contributed by atoms with Crippen LogP contribution in [0.3, 0.4) is 0 Å². The molecule has 4 nitrogen and oxygen atoms in total. The third-order valence-corrected chi connectivity index (χ3v) is 2.06. The lowest BCUT2D eigenvalue weighted by Gasteiger charge is -2.13. The number of nitrogens with two attached hydrogens (primary N) is 1. The Morgan fingerprint density at radius 3 is 2.86 bits per heavy atom. The number of hydrogen-bond acceptors (Lipinski definition) is 3. The molecule has 0 atom stereocenters. The molecule has 76 valence electrons. The molecular weight excluding hydrogens is 178 g/mol. The molecule has 0 spiro atoms. The fourth-order valence-corrected chi connectivity index (χ4v) is 1.05. The molecule has 1 heterocycles. The van der Waals surface area contributed by atoms with Crippen molar-refractivity contribution in [3.05, 3.63) is 29.6 Å². The number of hydrogen-bond donors (Lipinski definition) is 1. The Hall–Kier alpha value is -1.42. The smallest absolute Gasteiger partial charge is 0.272 e. The molecule has 0 aliphatic heterocycles. The Morgan fingerprint density at radius 2 is 2.29 bits per heavy atom. The standard InChI is InChI=1S/C10H15N3O/c1-3-13(2)10(14)9-6-4-5-8(7-11)12-9/h4-6H,3,7,11H2,1-2H3. The molecular formula is C10H15N3O. The maximum absolute atomic E-state index is 11.7. The van der Waals surface area contributed by atoms with Crippen LogP contribution in [0, 0.1) is 0 Å². The summed E-state index contributed by atoms with van der Waals surface area (Å²) in [5.41, 5.74) is 6.63. The third kappa shape index (κ3) is 2.29. The van der Waals surface area contributed by atoms with Crippen LogP contribution in [0.5, 0.6) is 0 Å². The quantitative estimate of drug-likeness (QED) is 0.766. The van der Waals surface area contributed by atoms with Crippen molar-refractivity contribution in [3.8, 4) is 0 Å². The number of carbonyl (C=O) groups is 1. The van der Waals surface area contributed by atoms with Crippen molar-refractivity contribution in [2.24, 2.45) is 5.73 Å². The van der Waals surface area contributed by atoms with Gasteiger partial charge in [-0.05, 0) is 19.1 Å². The van der Waals surface area contributed by atoms with Gasteiger partial charge < -0.3 is 10.6 Å². The molecule has 2 N–H and O–H groups in total. The van der Waals surface area contributed by atoms with Gasteiger partial charge in [-0.3, -0.25) is 4.79 Å². The van der Waals surface area contributed by atoms with E-state index in [4.69, 9.17) is 5.73 Å². The van der Waals surface area contributed by atoms with Crippen LogP contribution in [-0.2, 0) is 6.54 Å². The molecule has 0 saturated heterocycles. The SMILES string of the molecule is CCN(C)C(=O)c1cccc(CN)n1. The molecule has 0 aliphatic carbocycles. The van der Waals surface area contributed by atoms with Crippen LogP contribution in [0.2, 0.25) is 0 Å². The van der Waals surface area contributed by atoms with Crippen molar-refractivity contribution in [1.82, 2.24) is 9.88 Å². The fourth-order valence-electron chi connectivity index (χ4n) is 1.05. The number of rotatable bonds is 3.